The summed E-state index contributed by atoms with van der Waals surface area (Å²) in [4.78, 5) is 21.3. The summed E-state index contributed by atoms with van der Waals surface area (Å²) in [7, 11) is 0. The highest BCUT2D eigenvalue weighted by Gasteiger charge is 2.18. The Kier molecular flexibility index (Phi) is 3.38. The number of aliphatic hydroxyl groups is 1. The van der Waals surface area contributed by atoms with Gasteiger partial charge in [-0.1, -0.05) is 0 Å². The number of hydrogen-bond acceptors (Lipinski definition) is 4. The van der Waals surface area contributed by atoms with Crippen LogP contribution in [-0.4, -0.2) is 22.5 Å². The summed E-state index contributed by atoms with van der Waals surface area (Å²) < 4.78 is 0. The Hall–Kier alpha value is -2.19. The number of aliphatic carboxylic acids is 1. The lowest BCUT2D eigenvalue weighted by Crippen LogP contribution is -2.11. The molecular weight excluding hydrogens is 210 g/mol. The molecule has 1 atom stereocenters. The molecule has 1 unspecified atom stereocenters. The molecule has 1 aromatic carbocycles. The molecule has 0 aliphatic heterocycles. The van der Waals surface area contributed by atoms with Crippen LogP contribution in [0, 0.1) is 18.3 Å². The minimum Gasteiger partial charge on any atom is -0.479 e. The van der Waals surface area contributed by atoms with Crippen LogP contribution in [-0.2, 0) is 4.79 Å². The average molecular weight is 219 g/mol. The van der Waals surface area contributed by atoms with Gasteiger partial charge in [0.25, 0.3) is 0 Å². The molecule has 82 valence electrons. The number of hydrogen-bond donors (Lipinski definition) is 2. The van der Waals surface area contributed by atoms with Gasteiger partial charge in [0.15, 0.2) is 6.10 Å². The van der Waals surface area contributed by atoms with Gasteiger partial charge in [0.05, 0.1) is 11.6 Å². The Morgan fingerprint density at radius 1 is 1.56 bits per heavy atom. The lowest BCUT2D eigenvalue weighted by atomic mass is 9.97. The second kappa shape index (κ2) is 4.55. The standard InChI is InChI=1S/C11H9NO4/c1-6-8(4-12)2-7(3-9(6)5-13)10(14)11(15)16/h2-3,5,10,14H,1H3,(H,15,16). The summed E-state index contributed by atoms with van der Waals surface area (Å²) in [6.07, 6.45) is -1.21. The van der Waals surface area contributed by atoms with E-state index in [4.69, 9.17) is 10.4 Å². The van der Waals surface area contributed by atoms with E-state index >= 15 is 0 Å². The zero-order valence-corrected chi connectivity index (χ0v) is 8.47. The Morgan fingerprint density at radius 2 is 2.19 bits per heavy atom. The van der Waals surface area contributed by atoms with E-state index in [0.29, 0.717) is 11.8 Å². The van der Waals surface area contributed by atoms with E-state index in [1.54, 1.807) is 6.92 Å². The maximum absolute atomic E-state index is 10.7. The molecule has 0 amide bonds. The van der Waals surface area contributed by atoms with Gasteiger partial charge in [-0.2, -0.15) is 5.26 Å². The number of carbonyl (C=O) groups excluding carboxylic acids is 1. The van der Waals surface area contributed by atoms with Crippen LogP contribution in [0.4, 0.5) is 0 Å². The Bertz CT molecular complexity index is 487. The number of carboxylic acid groups (broad SMARTS) is 1. The summed E-state index contributed by atoms with van der Waals surface area (Å²) in [5.74, 6) is -1.43. The fourth-order valence-electron chi connectivity index (χ4n) is 1.30. The Balaban J connectivity index is 3.39. The maximum atomic E-state index is 10.7. The number of benzene rings is 1. The average Bonchev–Trinajstić information content (AvgIpc) is 2.28. The monoisotopic (exact) mass is 219 g/mol. The molecule has 0 bridgehead atoms. The van der Waals surface area contributed by atoms with Gasteiger partial charge < -0.3 is 10.2 Å². The quantitative estimate of drug-likeness (QED) is 0.732. The van der Waals surface area contributed by atoms with E-state index in [0.717, 1.165) is 0 Å². The number of nitrogens with zero attached hydrogens (tertiary/aromatic N) is 1. The van der Waals surface area contributed by atoms with Crippen molar-refractivity contribution in [1.82, 2.24) is 0 Å². The van der Waals surface area contributed by atoms with Crippen LogP contribution in [0.1, 0.15) is 33.2 Å². The number of nitriles is 1. The third-order valence-corrected chi connectivity index (χ3v) is 2.27. The summed E-state index contributed by atoms with van der Waals surface area (Å²) in [6, 6.07) is 4.37. The van der Waals surface area contributed by atoms with Crippen molar-refractivity contribution in [2.45, 2.75) is 13.0 Å². The van der Waals surface area contributed by atoms with Crippen molar-refractivity contribution in [3.05, 3.63) is 34.4 Å². The van der Waals surface area contributed by atoms with Gasteiger partial charge in [0, 0.05) is 5.56 Å². The van der Waals surface area contributed by atoms with Crippen LogP contribution >= 0.6 is 0 Å². The molecular formula is C11H9NO4. The minimum absolute atomic E-state index is 0.0248. The minimum atomic E-state index is -1.73. The zero-order valence-electron chi connectivity index (χ0n) is 8.47. The number of rotatable bonds is 3. The maximum Gasteiger partial charge on any atom is 0.337 e. The van der Waals surface area contributed by atoms with Crippen LogP contribution in [0.25, 0.3) is 0 Å². The summed E-state index contributed by atoms with van der Waals surface area (Å²) in [5, 5.41) is 26.7. The largest absolute Gasteiger partial charge is 0.479 e. The number of carbonyl (C=O) groups is 2. The van der Waals surface area contributed by atoms with Crippen LogP contribution in [0.15, 0.2) is 12.1 Å². The highest BCUT2D eigenvalue weighted by molar-refractivity contribution is 5.81. The highest BCUT2D eigenvalue weighted by atomic mass is 16.4. The molecule has 5 nitrogen and oxygen atoms in total. The summed E-state index contributed by atoms with van der Waals surface area (Å²) in [6.45, 7) is 1.58. The van der Waals surface area contributed by atoms with Gasteiger partial charge in [-0.05, 0) is 30.2 Å². The molecule has 0 spiro atoms. The lowest BCUT2D eigenvalue weighted by Gasteiger charge is -2.09. The van der Waals surface area contributed by atoms with Crippen LogP contribution in [0.3, 0.4) is 0 Å². The van der Waals surface area contributed by atoms with E-state index in [2.05, 4.69) is 0 Å². The Labute approximate surface area is 91.6 Å². The van der Waals surface area contributed by atoms with Crippen LogP contribution < -0.4 is 0 Å². The van der Waals surface area contributed by atoms with Gasteiger partial charge >= 0.3 is 5.97 Å². The van der Waals surface area contributed by atoms with Gasteiger partial charge in [0.1, 0.15) is 6.29 Å². The first-order chi connectivity index (χ1) is 7.51. The molecule has 0 aliphatic carbocycles. The molecule has 0 saturated heterocycles. The van der Waals surface area contributed by atoms with Gasteiger partial charge in [-0.3, -0.25) is 4.79 Å². The molecule has 0 aromatic heterocycles. The summed E-state index contributed by atoms with van der Waals surface area (Å²) in [5.41, 5.74) is 0.879. The smallest absolute Gasteiger partial charge is 0.337 e. The predicted molar refractivity (Wildman–Crippen MR) is 53.9 cm³/mol. The molecule has 5 heteroatoms. The Morgan fingerprint density at radius 3 is 2.62 bits per heavy atom. The van der Waals surface area contributed by atoms with Crippen molar-refractivity contribution in [2.24, 2.45) is 0 Å². The van der Waals surface area contributed by atoms with Crippen molar-refractivity contribution in [2.75, 3.05) is 0 Å². The first kappa shape index (κ1) is 11.9. The van der Waals surface area contributed by atoms with Crippen molar-refractivity contribution >= 4 is 12.3 Å². The summed E-state index contributed by atoms with van der Waals surface area (Å²) >= 11 is 0. The molecule has 16 heavy (non-hydrogen) atoms. The lowest BCUT2D eigenvalue weighted by molar-refractivity contribution is -0.146. The van der Waals surface area contributed by atoms with Gasteiger partial charge in [-0.25, -0.2) is 4.79 Å². The molecule has 0 saturated carbocycles. The SMILES string of the molecule is Cc1c(C#N)cc(C(O)C(=O)O)cc1C=O. The molecule has 0 fully saturated rings. The first-order valence-corrected chi connectivity index (χ1v) is 4.42. The normalized spacial score (nSPS) is 11.6. The zero-order chi connectivity index (χ0) is 12.3. The predicted octanol–water partition coefficient (Wildman–Crippen LogP) is 0.797. The molecule has 0 aliphatic rings. The van der Waals surface area contributed by atoms with Gasteiger partial charge in [0.2, 0.25) is 0 Å². The van der Waals surface area contributed by atoms with E-state index in [1.165, 1.54) is 12.1 Å². The van der Waals surface area contributed by atoms with Crippen molar-refractivity contribution in [3.63, 3.8) is 0 Å². The van der Waals surface area contributed by atoms with Crippen LogP contribution in [0.5, 0.6) is 0 Å². The molecule has 1 aromatic rings. The number of aldehydes is 1. The second-order valence-electron chi connectivity index (χ2n) is 3.25. The third kappa shape index (κ3) is 2.07. The van der Waals surface area contributed by atoms with Crippen molar-refractivity contribution < 1.29 is 19.8 Å². The first-order valence-electron chi connectivity index (χ1n) is 4.42. The third-order valence-electron chi connectivity index (χ3n) is 2.27. The number of carboxylic acids is 1. The number of aliphatic hydroxyl groups excluding tert-OH is 1. The van der Waals surface area contributed by atoms with Crippen molar-refractivity contribution in [1.29, 1.82) is 5.26 Å². The molecule has 0 radical (unpaired) electrons. The fourth-order valence-corrected chi connectivity index (χ4v) is 1.30. The van der Waals surface area contributed by atoms with Gasteiger partial charge in [-0.15, -0.1) is 0 Å². The molecule has 2 N–H and O–H groups in total. The molecule has 0 heterocycles. The van der Waals surface area contributed by atoms with E-state index in [9.17, 15) is 14.7 Å². The van der Waals surface area contributed by atoms with Crippen LogP contribution in [0.2, 0.25) is 0 Å². The fraction of sp³-hybridized carbons (Fsp3) is 0.182. The molecule has 1 rings (SSSR count). The second-order valence-corrected chi connectivity index (χ2v) is 3.25. The van der Waals surface area contributed by atoms with E-state index in [-0.39, 0.29) is 16.7 Å². The highest BCUT2D eigenvalue weighted by Crippen LogP contribution is 2.20. The topological polar surface area (TPSA) is 98.4 Å². The van der Waals surface area contributed by atoms with E-state index < -0.39 is 12.1 Å². The van der Waals surface area contributed by atoms with Crippen molar-refractivity contribution in [3.8, 4) is 6.07 Å². The van der Waals surface area contributed by atoms with E-state index in [1.807, 2.05) is 6.07 Å².